The van der Waals surface area contributed by atoms with E-state index in [9.17, 15) is 9.59 Å². The normalized spacial score (nSPS) is 14.5. The molecule has 7 heteroatoms. The summed E-state index contributed by atoms with van der Waals surface area (Å²) >= 11 is 5.87. The second kappa shape index (κ2) is 8.97. The van der Waals surface area contributed by atoms with Gasteiger partial charge in [0.15, 0.2) is 0 Å². The Morgan fingerprint density at radius 3 is 2.11 bits per heavy atom. The first-order valence-electron chi connectivity index (χ1n) is 9.10. The van der Waals surface area contributed by atoms with Crippen molar-refractivity contribution in [3.05, 3.63) is 53.1 Å². The van der Waals surface area contributed by atoms with Crippen molar-refractivity contribution in [3.8, 4) is 11.5 Å². The van der Waals surface area contributed by atoms with Crippen LogP contribution in [0.15, 0.2) is 42.5 Å². The molecule has 28 heavy (non-hydrogen) atoms. The third kappa shape index (κ3) is 4.39. The molecule has 1 aliphatic rings. The van der Waals surface area contributed by atoms with Gasteiger partial charge in [-0.1, -0.05) is 17.7 Å². The summed E-state index contributed by atoms with van der Waals surface area (Å²) in [6, 6.07) is 12.3. The number of carbonyl (C=O) groups excluding carboxylic acids is 2. The maximum absolute atomic E-state index is 13.0. The first kappa shape index (κ1) is 20.0. The van der Waals surface area contributed by atoms with Crippen molar-refractivity contribution >= 4 is 29.1 Å². The van der Waals surface area contributed by atoms with Crippen LogP contribution in [0, 0.1) is 5.92 Å². The Morgan fingerprint density at radius 1 is 1.00 bits per heavy atom. The van der Waals surface area contributed by atoms with Crippen LogP contribution in [0.4, 0.5) is 5.69 Å². The molecule has 2 aromatic carbocycles. The summed E-state index contributed by atoms with van der Waals surface area (Å²) in [4.78, 5) is 27.3. The Bertz CT molecular complexity index is 824. The van der Waals surface area contributed by atoms with Crippen LogP contribution in [-0.2, 0) is 4.79 Å². The van der Waals surface area contributed by atoms with Gasteiger partial charge in [-0.25, -0.2) is 0 Å². The van der Waals surface area contributed by atoms with E-state index in [1.807, 2.05) is 0 Å². The van der Waals surface area contributed by atoms with Gasteiger partial charge >= 0.3 is 0 Å². The van der Waals surface area contributed by atoms with Gasteiger partial charge in [0.05, 0.1) is 14.2 Å². The second-order valence-electron chi connectivity index (χ2n) is 6.60. The van der Waals surface area contributed by atoms with Crippen molar-refractivity contribution < 1.29 is 19.1 Å². The van der Waals surface area contributed by atoms with Crippen LogP contribution < -0.4 is 14.8 Å². The summed E-state index contributed by atoms with van der Waals surface area (Å²) in [5.74, 6) is 0.633. The van der Waals surface area contributed by atoms with E-state index in [1.165, 1.54) is 14.2 Å². The van der Waals surface area contributed by atoms with E-state index < -0.39 is 0 Å². The fraction of sp³-hybridized carbons (Fsp3) is 0.333. The zero-order chi connectivity index (χ0) is 20.1. The molecule has 2 amide bonds. The summed E-state index contributed by atoms with van der Waals surface area (Å²) in [5.41, 5.74) is 1.13. The molecule has 1 N–H and O–H groups in total. The molecular formula is C21H23ClN2O4. The molecule has 2 aromatic rings. The van der Waals surface area contributed by atoms with Crippen molar-refractivity contribution in [2.45, 2.75) is 12.8 Å². The van der Waals surface area contributed by atoms with Crippen molar-refractivity contribution in [2.75, 3.05) is 32.6 Å². The lowest BCUT2D eigenvalue weighted by atomic mass is 9.95. The van der Waals surface area contributed by atoms with Gasteiger partial charge in [-0.15, -0.1) is 0 Å². The Labute approximate surface area is 169 Å². The number of amides is 2. The monoisotopic (exact) mass is 402 g/mol. The summed E-state index contributed by atoms with van der Waals surface area (Å²) in [6.45, 7) is 0.998. The lowest BCUT2D eigenvalue weighted by molar-refractivity contribution is -0.121. The van der Waals surface area contributed by atoms with E-state index in [0.717, 1.165) is 0 Å². The molecule has 1 aliphatic heterocycles. The van der Waals surface area contributed by atoms with Gasteiger partial charge in [0, 0.05) is 29.7 Å². The number of ether oxygens (including phenoxy) is 2. The van der Waals surface area contributed by atoms with Crippen LogP contribution in [0.1, 0.15) is 23.2 Å². The number of methoxy groups -OCH3 is 2. The molecule has 0 unspecified atom stereocenters. The molecule has 0 aromatic heterocycles. The van der Waals surface area contributed by atoms with E-state index in [0.29, 0.717) is 53.7 Å². The van der Waals surface area contributed by atoms with Crippen LogP contribution in [0.3, 0.4) is 0 Å². The predicted molar refractivity (Wildman–Crippen MR) is 108 cm³/mol. The first-order chi connectivity index (χ1) is 13.5. The molecule has 148 valence electrons. The van der Waals surface area contributed by atoms with Crippen LogP contribution >= 0.6 is 11.6 Å². The van der Waals surface area contributed by atoms with E-state index in [2.05, 4.69) is 5.32 Å². The van der Waals surface area contributed by atoms with Crippen molar-refractivity contribution in [2.24, 2.45) is 5.92 Å². The zero-order valence-corrected chi connectivity index (χ0v) is 16.7. The van der Waals surface area contributed by atoms with E-state index in [4.69, 9.17) is 21.1 Å². The van der Waals surface area contributed by atoms with Gasteiger partial charge in [0.2, 0.25) is 5.91 Å². The highest BCUT2D eigenvalue weighted by Gasteiger charge is 2.30. The largest absolute Gasteiger partial charge is 0.496 e. The quantitative estimate of drug-likeness (QED) is 0.824. The van der Waals surface area contributed by atoms with Gasteiger partial charge in [-0.05, 0) is 49.2 Å². The number of piperidine rings is 1. The van der Waals surface area contributed by atoms with Crippen LogP contribution in [0.5, 0.6) is 11.5 Å². The standard InChI is InChI=1S/C21H23ClN2O4/c1-27-17-4-3-5-18(28-2)19(17)21(26)24-12-10-14(11-13-24)20(25)23-16-8-6-15(22)7-9-16/h3-9,14H,10-13H2,1-2H3,(H,23,25). The molecule has 0 atom stereocenters. The molecule has 3 rings (SSSR count). The highest BCUT2D eigenvalue weighted by atomic mass is 35.5. The fourth-order valence-corrected chi connectivity index (χ4v) is 3.47. The average Bonchev–Trinajstić information content (AvgIpc) is 2.74. The number of halogens is 1. The zero-order valence-electron chi connectivity index (χ0n) is 15.9. The maximum atomic E-state index is 13.0. The number of anilines is 1. The Hall–Kier alpha value is -2.73. The third-order valence-corrected chi connectivity index (χ3v) is 5.16. The predicted octanol–water partition coefficient (Wildman–Crippen LogP) is 3.85. The van der Waals surface area contributed by atoms with E-state index >= 15 is 0 Å². The maximum Gasteiger partial charge on any atom is 0.261 e. The fourth-order valence-electron chi connectivity index (χ4n) is 3.34. The lowest BCUT2D eigenvalue weighted by Gasteiger charge is -2.32. The van der Waals surface area contributed by atoms with Gasteiger partial charge in [0.1, 0.15) is 17.1 Å². The molecule has 0 aliphatic carbocycles. The van der Waals surface area contributed by atoms with E-state index in [-0.39, 0.29) is 17.7 Å². The van der Waals surface area contributed by atoms with Crippen LogP contribution in [0.2, 0.25) is 5.02 Å². The van der Waals surface area contributed by atoms with Crippen molar-refractivity contribution in [1.29, 1.82) is 0 Å². The lowest BCUT2D eigenvalue weighted by Crippen LogP contribution is -2.41. The average molecular weight is 403 g/mol. The molecule has 0 bridgehead atoms. The molecule has 1 heterocycles. The minimum Gasteiger partial charge on any atom is -0.496 e. The molecule has 6 nitrogen and oxygen atoms in total. The molecule has 1 fully saturated rings. The van der Waals surface area contributed by atoms with E-state index in [1.54, 1.807) is 47.4 Å². The number of nitrogens with one attached hydrogen (secondary N) is 1. The second-order valence-corrected chi connectivity index (χ2v) is 7.04. The van der Waals surface area contributed by atoms with Gasteiger partial charge in [0.25, 0.3) is 5.91 Å². The summed E-state index contributed by atoms with van der Waals surface area (Å²) in [7, 11) is 3.05. The third-order valence-electron chi connectivity index (χ3n) is 4.91. The number of hydrogen-bond donors (Lipinski definition) is 1. The van der Waals surface area contributed by atoms with Gasteiger partial charge in [-0.3, -0.25) is 9.59 Å². The van der Waals surface area contributed by atoms with Gasteiger partial charge < -0.3 is 19.7 Å². The van der Waals surface area contributed by atoms with Crippen molar-refractivity contribution in [3.63, 3.8) is 0 Å². The molecule has 0 spiro atoms. The summed E-state index contributed by atoms with van der Waals surface area (Å²) in [6.07, 6.45) is 1.20. The Morgan fingerprint density at radius 2 is 1.57 bits per heavy atom. The molecule has 1 saturated heterocycles. The van der Waals surface area contributed by atoms with Crippen molar-refractivity contribution in [1.82, 2.24) is 4.90 Å². The Kier molecular flexibility index (Phi) is 6.41. The summed E-state index contributed by atoms with van der Waals surface area (Å²) < 4.78 is 10.7. The highest BCUT2D eigenvalue weighted by Crippen LogP contribution is 2.31. The molecular weight excluding hydrogens is 380 g/mol. The number of hydrogen-bond acceptors (Lipinski definition) is 4. The number of rotatable bonds is 5. The number of benzene rings is 2. The summed E-state index contributed by atoms with van der Waals surface area (Å²) in [5, 5.41) is 3.53. The van der Waals surface area contributed by atoms with Crippen LogP contribution in [-0.4, -0.2) is 44.0 Å². The van der Waals surface area contributed by atoms with Gasteiger partial charge in [-0.2, -0.15) is 0 Å². The topological polar surface area (TPSA) is 67.9 Å². The number of carbonyl (C=O) groups is 2. The highest BCUT2D eigenvalue weighted by molar-refractivity contribution is 6.30. The minimum absolute atomic E-state index is 0.0377. The molecule has 0 saturated carbocycles. The number of nitrogens with zero attached hydrogens (tertiary/aromatic N) is 1. The SMILES string of the molecule is COc1cccc(OC)c1C(=O)N1CCC(C(=O)Nc2ccc(Cl)cc2)CC1. The smallest absolute Gasteiger partial charge is 0.261 e. The minimum atomic E-state index is -0.147. The first-order valence-corrected chi connectivity index (χ1v) is 9.48. The Balaban J connectivity index is 1.63. The molecule has 0 radical (unpaired) electrons. The van der Waals surface area contributed by atoms with Crippen LogP contribution in [0.25, 0.3) is 0 Å². The number of likely N-dealkylation sites (tertiary alicyclic amines) is 1.